The first-order valence-electron chi connectivity index (χ1n) is 5.25. The summed E-state index contributed by atoms with van der Waals surface area (Å²) >= 11 is 0. The SMILES string of the molecule is Cc1occc1C(=O)C1C(=O)CCCC1=O. The van der Waals surface area contributed by atoms with Crippen LogP contribution in [0.3, 0.4) is 0 Å². The van der Waals surface area contributed by atoms with Gasteiger partial charge in [0.15, 0.2) is 17.3 Å². The number of carbonyl (C=O) groups excluding carboxylic acids is 3. The lowest BCUT2D eigenvalue weighted by Crippen LogP contribution is -2.35. The highest BCUT2D eigenvalue weighted by atomic mass is 16.3. The number of Topliss-reactive ketones (excluding diaryl/α,β-unsaturated/α-hetero) is 3. The molecule has 1 aromatic heterocycles. The van der Waals surface area contributed by atoms with E-state index in [0.717, 1.165) is 0 Å². The van der Waals surface area contributed by atoms with Gasteiger partial charge in [-0.05, 0) is 19.4 Å². The molecule has 0 spiro atoms. The van der Waals surface area contributed by atoms with Gasteiger partial charge in [0.1, 0.15) is 11.7 Å². The van der Waals surface area contributed by atoms with Crippen LogP contribution in [0.2, 0.25) is 0 Å². The Kier molecular flexibility index (Phi) is 2.73. The topological polar surface area (TPSA) is 64.3 Å². The number of hydrogen-bond acceptors (Lipinski definition) is 4. The zero-order valence-corrected chi connectivity index (χ0v) is 8.99. The lowest BCUT2D eigenvalue weighted by atomic mass is 9.82. The molecule has 4 nitrogen and oxygen atoms in total. The van der Waals surface area contributed by atoms with E-state index in [4.69, 9.17) is 4.42 Å². The predicted molar refractivity (Wildman–Crippen MR) is 55.1 cm³/mol. The fraction of sp³-hybridized carbons (Fsp3) is 0.417. The van der Waals surface area contributed by atoms with Crippen molar-refractivity contribution in [2.45, 2.75) is 26.2 Å². The van der Waals surface area contributed by atoms with E-state index in [2.05, 4.69) is 0 Å². The second-order valence-electron chi connectivity index (χ2n) is 3.97. The number of carbonyl (C=O) groups is 3. The largest absolute Gasteiger partial charge is 0.469 e. The Morgan fingerprint density at radius 3 is 2.44 bits per heavy atom. The van der Waals surface area contributed by atoms with Gasteiger partial charge in [0.25, 0.3) is 0 Å². The van der Waals surface area contributed by atoms with Crippen molar-refractivity contribution in [3.05, 3.63) is 23.7 Å². The molecule has 0 unspecified atom stereocenters. The molecule has 16 heavy (non-hydrogen) atoms. The van der Waals surface area contributed by atoms with Gasteiger partial charge in [-0.15, -0.1) is 0 Å². The average Bonchev–Trinajstić information content (AvgIpc) is 2.64. The molecule has 0 bridgehead atoms. The number of rotatable bonds is 2. The smallest absolute Gasteiger partial charge is 0.184 e. The summed E-state index contributed by atoms with van der Waals surface area (Å²) in [5, 5.41) is 0. The van der Waals surface area contributed by atoms with E-state index < -0.39 is 11.7 Å². The Bertz CT molecular complexity index is 439. The van der Waals surface area contributed by atoms with Crippen LogP contribution in [0.15, 0.2) is 16.7 Å². The Hall–Kier alpha value is -1.71. The first-order valence-corrected chi connectivity index (χ1v) is 5.25. The third kappa shape index (κ3) is 1.71. The van der Waals surface area contributed by atoms with Crippen LogP contribution in [-0.4, -0.2) is 17.3 Å². The molecule has 1 aromatic rings. The molecule has 0 saturated heterocycles. The van der Waals surface area contributed by atoms with E-state index in [0.29, 0.717) is 30.6 Å². The minimum absolute atomic E-state index is 0.262. The van der Waals surface area contributed by atoms with E-state index in [1.165, 1.54) is 12.3 Å². The zero-order chi connectivity index (χ0) is 11.7. The van der Waals surface area contributed by atoms with Crippen LogP contribution in [0, 0.1) is 12.8 Å². The third-order valence-electron chi connectivity index (χ3n) is 2.88. The van der Waals surface area contributed by atoms with Crippen LogP contribution in [0.5, 0.6) is 0 Å². The van der Waals surface area contributed by atoms with Gasteiger partial charge in [0.05, 0.1) is 11.8 Å². The van der Waals surface area contributed by atoms with Gasteiger partial charge in [0.2, 0.25) is 0 Å². The summed E-state index contributed by atoms with van der Waals surface area (Å²) < 4.78 is 5.00. The fourth-order valence-electron chi connectivity index (χ4n) is 1.99. The van der Waals surface area contributed by atoms with Gasteiger partial charge in [-0.25, -0.2) is 0 Å². The van der Waals surface area contributed by atoms with Crippen LogP contribution < -0.4 is 0 Å². The molecule has 4 heteroatoms. The Labute approximate surface area is 92.6 Å². The lowest BCUT2D eigenvalue weighted by Gasteiger charge is -2.17. The number of ketones is 3. The summed E-state index contributed by atoms with van der Waals surface area (Å²) in [6.45, 7) is 1.64. The monoisotopic (exact) mass is 220 g/mol. The van der Waals surface area contributed by atoms with Crippen molar-refractivity contribution >= 4 is 17.3 Å². The van der Waals surface area contributed by atoms with Crippen molar-refractivity contribution in [2.75, 3.05) is 0 Å². The van der Waals surface area contributed by atoms with E-state index >= 15 is 0 Å². The number of hydrogen-bond donors (Lipinski definition) is 0. The van der Waals surface area contributed by atoms with Crippen LogP contribution in [0.25, 0.3) is 0 Å². The summed E-state index contributed by atoms with van der Waals surface area (Å²) in [4.78, 5) is 35.2. The number of furan rings is 1. The van der Waals surface area contributed by atoms with Crippen LogP contribution >= 0.6 is 0 Å². The van der Waals surface area contributed by atoms with Gasteiger partial charge < -0.3 is 4.42 Å². The highest BCUT2D eigenvalue weighted by Crippen LogP contribution is 2.23. The van der Waals surface area contributed by atoms with E-state index in [9.17, 15) is 14.4 Å². The van der Waals surface area contributed by atoms with E-state index in [1.807, 2.05) is 0 Å². The molecule has 84 valence electrons. The van der Waals surface area contributed by atoms with Crippen molar-refractivity contribution in [3.8, 4) is 0 Å². The molecule has 1 saturated carbocycles. The standard InChI is InChI=1S/C12H12O4/c1-7-8(5-6-16-7)12(15)11-9(13)3-2-4-10(11)14/h5-6,11H,2-4H2,1H3. The second kappa shape index (κ2) is 4.04. The molecule has 1 heterocycles. The third-order valence-corrected chi connectivity index (χ3v) is 2.88. The minimum Gasteiger partial charge on any atom is -0.469 e. The molecule has 1 fully saturated rings. The van der Waals surface area contributed by atoms with Crippen molar-refractivity contribution < 1.29 is 18.8 Å². The van der Waals surface area contributed by atoms with Gasteiger partial charge in [-0.1, -0.05) is 0 Å². The summed E-state index contributed by atoms with van der Waals surface area (Å²) in [5.41, 5.74) is 0.341. The van der Waals surface area contributed by atoms with Gasteiger partial charge >= 0.3 is 0 Å². The Morgan fingerprint density at radius 1 is 1.31 bits per heavy atom. The maximum absolute atomic E-state index is 12.0. The van der Waals surface area contributed by atoms with Crippen molar-refractivity contribution in [2.24, 2.45) is 5.92 Å². The molecular formula is C12H12O4. The zero-order valence-electron chi connectivity index (χ0n) is 8.99. The molecule has 1 aliphatic carbocycles. The predicted octanol–water partition coefficient (Wildman–Crippen LogP) is 1.71. The van der Waals surface area contributed by atoms with Crippen LogP contribution in [0.4, 0.5) is 0 Å². The van der Waals surface area contributed by atoms with Crippen molar-refractivity contribution in [1.82, 2.24) is 0 Å². The molecule has 1 aliphatic rings. The molecule has 0 aliphatic heterocycles. The summed E-state index contributed by atoms with van der Waals surface area (Å²) in [7, 11) is 0. The fourth-order valence-corrected chi connectivity index (χ4v) is 1.99. The first kappa shape index (κ1) is 10.8. The maximum atomic E-state index is 12.0. The van der Waals surface area contributed by atoms with Crippen molar-refractivity contribution in [3.63, 3.8) is 0 Å². The van der Waals surface area contributed by atoms with Crippen molar-refractivity contribution in [1.29, 1.82) is 0 Å². The van der Waals surface area contributed by atoms with Gasteiger partial charge in [0, 0.05) is 12.8 Å². The normalized spacial score (nSPS) is 17.8. The Balaban J connectivity index is 2.30. The maximum Gasteiger partial charge on any atom is 0.184 e. The van der Waals surface area contributed by atoms with Gasteiger partial charge in [-0.3, -0.25) is 14.4 Å². The average molecular weight is 220 g/mol. The molecule has 2 rings (SSSR count). The molecule has 0 N–H and O–H groups in total. The Morgan fingerprint density at radius 2 is 1.94 bits per heavy atom. The quantitative estimate of drug-likeness (QED) is 0.562. The minimum atomic E-state index is -1.09. The first-order chi connectivity index (χ1) is 7.61. The molecular weight excluding hydrogens is 208 g/mol. The lowest BCUT2D eigenvalue weighted by molar-refractivity contribution is -0.133. The highest BCUT2D eigenvalue weighted by Gasteiger charge is 2.37. The summed E-state index contributed by atoms with van der Waals surface area (Å²) in [6.07, 6.45) is 2.59. The molecule has 0 aromatic carbocycles. The van der Waals surface area contributed by atoms with Crippen LogP contribution in [-0.2, 0) is 9.59 Å². The summed E-state index contributed by atoms with van der Waals surface area (Å²) in [5.74, 6) is -1.58. The van der Waals surface area contributed by atoms with Crippen LogP contribution in [0.1, 0.15) is 35.4 Å². The molecule has 0 amide bonds. The summed E-state index contributed by atoms with van der Waals surface area (Å²) in [6, 6.07) is 1.51. The molecule has 0 radical (unpaired) electrons. The highest BCUT2D eigenvalue weighted by molar-refractivity contribution is 6.25. The van der Waals surface area contributed by atoms with E-state index in [-0.39, 0.29) is 11.6 Å². The number of aryl methyl sites for hydroxylation is 1. The second-order valence-corrected chi connectivity index (χ2v) is 3.97. The molecule has 0 atom stereocenters. The van der Waals surface area contributed by atoms with Gasteiger partial charge in [-0.2, -0.15) is 0 Å². The van der Waals surface area contributed by atoms with E-state index in [1.54, 1.807) is 6.92 Å².